The zero-order valence-corrected chi connectivity index (χ0v) is 20.1. The number of halogens is 1. The standard InChI is InChI=1S/C23H26ClN3O5S/c1-3-32-17-8-7-14(11-16(17)24)19-15(12-25)22(26-21(29)20(19)23(30)31-2)33-13-18(28)27-9-5-4-6-10-27/h7-8,11,19-20H,3-6,9-10,13H2,1-2H3,(H,26,29)/t19-,20+/m1/s1. The Bertz CT molecular complexity index is 1000. The Morgan fingerprint density at radius 1 is 1.30 bits per heavy atom. The van der Waals surface area contributed by atoms with Gasteiger partial charge in [0.15, 0.2) is 0 Å². The minimum Gasteiger partial charge on any atom is -0.492 e. The number of carbonyl (C=O) groups excluding carboxylic acids is 3. The number of hydrogen-bond acceptors (Lipinski definition) is 7. The predicted octanol–water partition coefficient (Wildman–Crippen LogP) is 3.22. The molecule has 0 saturated carbocycles. The molecule has 176 valence electrons. The van der Waals surface area contributed by atoms with Crippen LogP contribution in [-0.4, -0.2) is 55.2 Å². The Labute approximate surface area is 202 Å². The van der Waals surface area contributed by atoms with Gasteiger partial charge in [-0.1, -0.05) is 29.4 Å². The molecule has 0 unspecified atom stereocenters. The first-order chi connectivity index (χ1) is 15.9. The third-order valence-corrected chi connectivity index (χ3v) is 6.94. The average molecular weight is 492 g/mol. The van der Waals surface area contributed by atoms with Crippen molar-refractivity contribution in [1.82, 2.24) is 10.2 Å². The lowest BCUT2D eigenvalue weighted by Gasteiger charge is -2.31. The summed E-state index contributed by atoms with van der Waals surface area (Å²) in [6.07, 6.45) is 3.05. The number of allylic oxidation sites excluding steroid dienone is 1. The van der Waals surface area contributed by atoms with Crippen molar-refractivity contribution < 1.29 is 23.9 Å². The van der Waals surface area contributed by atoms with E-state index in [2.05, 4.69) is 11.4 Å². The second-order valence-electron chi connectivity index (χ2n) is 7.68. The molecule has 0 aliphatic carbocycles. The minimum atomic E-state index is -1.26. The Balaban J connectivity index is 1.95. The number of nitriles is 1. The third kappa shape index (κ3) is 5.63. The van der Waals surface area contributed by atoms with Crippen molar-refractivity contribution in [2.45, 2.75) is 32.1 Å². The highest BCUT2D eigenvalue weighted by Crippen LogP contribution is 2.42. The smallest absolute Gasteiger partial charge is 0.319 e. The minimum absolute atomic E-state index is 0.0468. The van der Waals surface area contributed by atoms with Crippen LogP contribution in [0.4, 0.5) is 0 Å². The van der Waals surface area contributed by atoms with Gasteiger partial charge < -0.3 is 19.7 Å². The first kappa shape index (κ1) is 24.9. The normalized spacial score (nSPS) is 20.7. The van der Waals surface area contributed by atoms with E-state index >= 15 is 0 Å². The van der Waals surface area contributed by atoms with E-state index in [0.29, 0.717) is 36.0 Å². The van der Waals surface area contributed by atoms with Crippen LogP contribution in [-0.2, 0) is 19.1 Å². The lowest BCUT2D eigenvalue weighted by molar-refractivity contribution is -0.150. The van der Waals surface area contributed by atoms with E-state index in [-0.39, 0.29) is 22.3 Å². The summed E-state index contributed by atoms with van der Waals surface area (Å²) in [5.41, 5.74) is 0.687. The van der Waals surface area contributed by atoms with E-state index in [0.717, 1.165) is 31.0 Å². The molecule has 2 aliphatic rings. The molecule has 2 heterocycles. The molecule has 3 rings (SSSR count). The quantitative estimate of drug-likeness (QED) is 0.460. The number of likely N-dealkylation sites (tertiary alicyclic amines) is 1. The number of piperidine rings is 1. The van der Waals surface area contributed by atoms with Crippen LogP contribution < -0.4 is 10.1 Å². The highest BCUT2D eigenvalue weighted by molar-refractivity contribution is 8.03. The van der Waals surface area contributed by atoms with Gasteiger partial charge in [0.1, 0.15) is 11.7 Å². The van der Waals surface area contributed by atoms with Gasteiger partial charge in [0.05, 0.1) is 41.2 Å². The number of esters is 1. The number of benzene rings is 1. The summed E-state index contributed by atoms with van der Waals surface area (Å²) in [4.78, 5) is 39.9. The number of nitrogens with zero attached hydrogens (tertiary/aromatic N) is 2. The van der Waals surface area contributed by atoms with Gasteiger partial charge >= 0.3 is 5.97 Å². The van der Waals surface area contributed by atoms with Crippen LogP contribution in [0.2, 0.25) is 5.02 Å². The van der Waals surface area contributed by atoms with Gasteiger partial charge in [-0.2, -0.15) is 5.26 Å². The van der Waals surface area contributed by atoms with Crippen molar-refractivity contribution in [3.05, 3.63) is 39.4 Å². The van der Waals surface area contributed by atoms with Gasteiger partial charge in [-0.3, -0.25) is 14.4 Å². The van der Waals surface area contributed by atoms with Crippen LogP contribution >= 0.6 is 23.4 Å². The van der Waals surface area contributed by atoms with Crippen molar-refractivity contribution >= 4 is 41.1 Å². The molecule has 2 aliphatic heterocycles. The monoisotopic (exact) mass is 491 g/mol. The predicted molar refractivity (Wildman–Crippen MR) is 125 cm³/mol. The molecule has 10 heteroatoms. The van der Waals surface area contributed by atoms with Crippen LogP contribution in [0.15, 0.2) is 28.8 Å². The second kappa shape index (κ2) is 11.4. The Hall–Kier alpha value is -2.70. The van der Waals surface area contributed by atoms with Crippen molar-refractivity contribution in [2.75, 3.05) is 32.6 Å². The van der Waals surface area contributed by atoms with Crippen LogP contribution in [0.3, 0.4) is 0 Å². The van der Waals surface area contributed by atoms with Crippen molar-refractivity contribution in [3.8, 4) is 11.8 Å². The zero-order valence-electron chi connectivity index (χ0n) is 18.6. The Morgan fingerprint density at radius 3 is 2.64 bits per heavy atom. The zero-order chi connectivity index (χ0) is 24.0. The Morgan fingerprint density at radius 2 is 2.03 bits per heavy atom. The van der Waals surface area contributed by atoms with E-state index in [1.54, 1.807) is 23.1 Å². The molecule has 2 amide bonds. The van der Waals surface area contributed by atoms with Crippen LogP contribution in [0, 0.1) is 17.2 Å². The molecule has 0 radical (unpaired) electrons. The first-order valence-corrected chi connectivity index (χ1v) is 12.1. The fourth-order valence-corrected chi connectivity index (χ4v) is 5.23. The number of amides is 2. The van der Waals surface area contributed by atoms with Gasteiger partial charge in [0.25, 0.3) is 0 Å². The van der Waals surface area contributed by atoms with Gasteiger partial charge in [0, 0.05) is 19.0 Å². The van der Waals surface area contributed by atoms with E-state index in [9.17, 15) is 19.6 Å². The summed E-state index contributed by atoms with van der Waals surface area (Å²) in [6, 6.07) is 7.04. The molecular formula is C23H26ClN3O5S. The maximum absolute atomic E-state index is 12.9. The van der Waals surface area contributed by atoms with E-state index in [1.165, 1.54) is 7.11 Å². The van der Waals surface area contributed by atoms with Crippen molar-refractivity contribution in [1.29, 1.82) is 5.26 Å². The third-order valence-electron chi connectivity index (χ3n) is 5.65. The fourth-order valence-electron chi connectivity index (χ4n) is 4.03. The van der Waals surface area contributed by atoms with Gasteiger partial charge in [-0.15, -0.1) is 0 Å². The summed E-state index contributed by atoms with van der Waals surface area (Å²) in [6.45, 7) is 3.68. The van der Waals surface area contributed by atoms with Crippen LogP contribution in [0.1, 0.15) is 37.7 Å². The molecule has 0 aromatic heterocycles. The summed E-state index contributed by atoms with van der Waals surface area (Å²) >= 11 is 7.44. The molecule has 1 aromatic carbocycles. The van der Waals surface area contributed by atoms with Gasteiger partial charge in [-0.25, -0.2) is 0 Å². The molecule has 1 N–H and O–H groups in total. The van der Waals surface area contributed by atoms with Gasteiger partial charge in [-0.05, 0) is 43.9 Å². The first-order valence-electron chi connectivity index (χ1n) is 10.8. The number of methoxy groups -OCH3 is 1. The molecule has 0 spiro atoms. The molecular weight excluding hydrogens is 466 g/mol. The van der Waals surface area contributed by atoms with Crippen molar-refractivity contribution in [3.63, 3.8) is 0 Å². The Kier molecular flexibility index (Phi) is 8.64. The summed E-state index contributed by atoms with van der Waals surface area (Å²) in [5.74, 6) is -3.03. The molecule has 1 aromatic rings. The van der Waals surface area contributed by atoms with E-state index < -0.39 is 23.7 Å². The fraction of sp³-hybridized carbons (Fsp3) is 0.478. The summed E-state index contributed by atoms with van der Waals surface area (Å²) in [5, 5.41) is 13.2. The highest BCUT2D eigenvalue weighted by Gasteiger charge is 2.44. The number of hydrogen-bond donors (Lipinski definition) is 1. The summed E-state index contributed by atoms with van der Waals surface area (Å²) < 4.78 is 10.3. The van der Waals surface area contributed by atoms with E-state index in [1.807, 2.05) is 6.92 Å². The lowest BCUT2D eigenvalue weighted by Crippen LogP contribution is -2.44. The SMILES string of the molecule is CCOc1ccc([C@@H]2C(C#N)=C(SCC(=O)N3CCCCC3)NC(=O)[C@H]2C(=O)OC)cc1Cl. The molecule has 2 atom stereocenters. The number of nitrogens with one attached hydrogen (secondary N) is 1. The second-order valence-corrected chi connectivity index (χ2v) is 9.07. The van der Waals surface area contributed by atoms with E-state index in [4.69, 9.17) is 21.1 Å². The maximum Gasteiger partial charge on any atom is 0.319 e. The number of thioether (sulfide) groups is 1. The molecule has 33 heavy (non-hydrogen) atoms. The van der Waals surface area contributed by atoms with Crippen molar-refractivity contribution in [2.24, 2.45) is 5.92 Å². The lowest BCUT2D eigenvalue weighted by atomic mass is 9.78. The molecule has 0 bridgehead atoms. The number of ether oxygens (including phenoxy) is 2. The summed E-state index contributed by atoms with van der Waals surface area (Å²) in [7, 11) is 1.19. The average Bonchev–Trinajstić information content (AvgIpc) is 2.83. The van der Waals surface area contributed by atoms with Crippen LogP contribution in [0.5, 0.6) is 5.75 Å². The number of rotatable bonds is 7. The highest BCUT2D eigenvalue weighted by atomic mass is 35.5. The van der Waals surface area contributed by atoms with Gasteiger partial charge in [0.2, 0.25) is 11.8 Å². The number of carbonyl (C=O) groups is 3. The largest absolute Gasteiger partial charge is 0.492 e. The topological polar surface area (TPSA) is 109 Å². The van der Waals surface area contributed by atoms with Crippen LogP contribution in [0.25, 0.3) is 0 Å². The maximum atomic E-state index is 12.9. The molecule has 1 fully saturated rings. The molecule has 8 nitrogen and oxygen atoms in total. The molecule has 1 saturated heterocycles.